The lowest BCUT2D eigenvalue weighted by atomic mass is 9.84. The fourth-order valence-corrected chi connectivity index (χ4v) is 5.33. The monoisotopic (exact) mass is 402 g/mol. The van der Waals surface area contributed by atoms with Gasteiger partial charge in [0.05, 0.1) is 5.56 Å². The number of piperidine rings is 1. The van der Waals surface area contributed by atoms with Crippen LogP contribution in [-0.2, 0) is 32.7 Å². The van der Waals surface area contributed by atoms with Gasteiger partial charge in [0.1, 0.15) is 5.60 Å². The molecule has 6 rings (SSSR count). The van der Waals surface area contributed by atoms with E-state index in [9.17, 15) is 9.59 Å². The number of hydrogen-bond acceptors (Lipinski definition) is 5. The van der Waals surface area contributed by atoms with Gasteiger partial charge >= 0.3 is 5.97 Å². The van der Waals surface area contributed by atoms with Crippen molar-refractivity contribution in [2.75, 3.05) is 13.1 Å². The molecule has 6 nitrogen and oxygen atoms in total. The zero-order valence-corrected chi connectivity index (χ0v) is 16.8. The largest absolute Gasteiger partial charge is 0.450 e. The van der Waals surface area contributed by atoms with Crippen molar-refractivity contribution in [3.8, 4) is 0 Å². The first-order valence-electron chi connectivity index (χ1n) is 10.5. The fraction of sp³-hybridized carbons (Fsp3) is 0.375. The van der Waals surface area contributed by atoms with Gasteiger partial charge in [-0.05, 0) is 24.1 Å². The van der Waals surface area contributed by atoms with Crippen molar-refractivity contribution in [1.82, 2.24) is 4.90 Å². The van der Waals surface area contributed by atoms with Crippen molar-refractivity contribution in [3.63, 3.8) is 0 Å². The zero-order chi connectivity index (χ0) is 20.5. The van der Waals surface area contributed by atoms with E-state index in [2.05, 4.69) is 30.1 Å². The molecule has 0 N–H and O–H groups in total. The number of hydrogen-bond donors (Lipinski definition) is 0. The van der Waals surface area contributed by atoms with Gasteiger partial charge in [0.2, 0.25) is 5.60 Å². The van der Waals surface area contributed by atoms with E-state index in [1.165, 1.54) is 11.1 Å². The Hall–Kier alpha value is -3.15. The van der Waals surface area contributed by atoms with Crippen molar-refractivity contribution < 1.29 is 19.1 Å². The average Bonchev–Trinajstić information content (AvgIpc) is 3.35. The molecule has 0 aromatic heterocycles. The molecular weight excluding hydrogens is 380 g/mol. The van der Waals surface area contributed by atoms with Gasteiger partial charge in [-0.3, -0.25) is 4.79 Å². The van der Waals surface area contributed by atoms with Crippen LogP contribution in [0.1, 0.15) is 45.5 Å². The quantitative estimate of drug-likeness (QED) is 0.634. The Labute approximate surface area is 174 Å². The smallest absolute Gasteiger partial charge is 0.339 e. The van der Waals surface area contributed by atoms with Crippen LogP contribution in [-0.4, -0.2) is 41.5 Å². The highest BCUT2D eigenvalue weighted by molar-refractivity contribution is 6.02. The fourth-order valence-electron chi connectivity index (χ4n) is 5.33. The number of aryl methyl sites for hydroxylation is 1. The Balaban J connectivity index is 1.20. The first-order valence-corrected chi connectivity index (χ1v) is 10.5. The molecule has 3 aliphatic heterocycles. The molecule has 0 bridgehead atoms. The second kappa shape index (κ2) is 5.94. The van der Waals surface area contributed by atoms with Crippen LogP contribution in [0.5, 0.6) is 0 Å². The van der Waals surface area contributed by atoms with Crippen LogP contribution in [0.3, 0.4) is 0 Å². The number of carbonyl (C=O) groups is 2. The maximum Gasteiger partial charge on any atom is 0.339 e. The number of amidine groups is 1. The van der Waals surface area contributed by atoms with Crippen molar-refractivity contribution in [2.45, 2.75) is 43.8 Å². The molecule has 1 amide bonds. The number of aliphatic imine (C=N–C) groups is 1. The van der Waals surface area contributed by atoms with E-state index in [0.717, 1.165) is 11.1 Å². The highest BCUT2D eigenvalue weighted by Crippen LogP contribution is 2.45. The number of benzene rings is 2. The molecule has 152 valence electrons. The average molecular weight is 402 g/mol. The second-order valence-corrected chi connectivity index (χ2v) is 8.84. The molecule has 2 spiro atoms. The van der Waals surface area contributed by atoms with Gasteiger partial charge in [0, 0.05) is 44.3 Å². The molecule has 0 unspecified atom stereocenters. The van der Waals surface area contributed by atoms with E-state index in [1.54, 1.807) is 0 Å². The van der Waals surface area contributed by atoms with Crippen LogP contribution in [0.4, 0.5) is 0 Å². The highest BCUT2D eigenvalue weighted by atomic mass is 16.6. The van der Waals surface area contributed by atoms with E-state index in [0.29, 0.717) is 50.4 Å². The molecule has 1 fully saturated rings. The Morgan fingerprint density at radius 1 is 0.933 bits per heavy atom. The van der Waals surface area contributed by atoms with Crippen molar-refractivity contribution in [3.05, 3.63) is 70.3 Å². The number of amides is 1. The normalized spacial score (nSPS) is 25.9. The summed E-state index contributed by atoms with van der Waals surface area (Å²) in [4.78, 5) is 31.5. The van der Waals surface area contributed by atoms with Crippen molar-refractivity contribution >= 4 is 17.9 Å². The molecule has 6 heteroatoms. The number of carbonyl (C=O) groups excluding carboxylic acids is 2. The van der Waals surface area contributed by atoms with Crippen LogP contribution >= 0.6 is 0 Å². The number of fused-ring (bicyclic) bond motifs is 3. The number of rotatable bonds is 0. The second-order valence-electron chi connectivity index (χ2n) is 8.84. The molecular formula is C24H22N2O4. The molecule has 30 heavy (non-hydrogen) atoms. The summed E-state index contributed by atoms with van der Waals surface area (Å²) in [5, 5.41) is 0. The molecule has 0 radical (unpaired) electrons. The van der Waals surface area contributed by atoms with Crippen molar-refractivity contribution in [1.29, 1.82) is 0 Å². The van der Waals surface area contributed by atoms with Gasteiger partial charge in [-0.25, -0.2) is 4.79 Å². The maximum atomic E-state index is 12.9. The Morgan fingerprint density at radius 3 is 2.53 bits per heavy atom. The zero-order valence-electron chi connectivity index (χ0n) is 16.8. The van der Waals surface area contributed by atoms with E-state index < -0.39 is 11.2 Å². The first-order chi connectivity index (χ1) is 14.5. The SMILES string of the molecule is Cc1ccc2c(c1)C[C@]1(C2)OC(N2CCC3(CC2)OC(=O)c2ccccc23)=NC1=O. The van der Waals surface area contributed by atoms with Gasteiger partial charge in [-0.15, -0.1) is 0 Å². The van der Waals surface area contributed by atoms with Gasteiger partial charge in [0.25, 0.3) is 11.9 Å². The summed E-state index contributed by atoms with van der Waals surface area (Å²) in [7, 11) is 0. The number of nitrogens with zero attached hydrogens (tertiary/aromatic N) is 2. The number of ether oxygens (including phenoxy) is 2. The lowest BCUT2D eigenvalue weighted by Gasteiger charge is -2.39. The lowest BCUT2D eigenvalue weighted by Crippen LogP contribution is -2.47. The van der Waals surface area contributed by atoms with Crippen LogP contribution in [0.2, 0.25) is 0 Å². The van der Waals surface area contributed by atoms with E-state index in [1.807, 2.05) is 29.2 Å². The third-order valence-corrected chi connectivity index (χ3v) is 6.95. The maximum absolute atomic E-state index is 12.9. The van der Waals surface area contributed by atoms with E-state index >= 15 is 0 Å². The third-order valence-electron chi connectivity index (χ3n) is 6.95. The minimum atomic E-state index is -0.896. The van der Waals surface area contributed by atoms with Crippen molar-refractivity contribution in [2.24, 2.45) is 4.99 Å². The number of likely N-dealkylation sites (tertiary alicyclic amines) is 1. The van der Waals surface area contributed by atoms with Gasteiger partial charge in [-0.2, -0.15) is 4.99 Å². The highest BCUT2D eigenvalue weighted by Gasteiger charge is 2.53. The molecule has 2 aromatic rings. The topological polar surface area (TPSA) is 68.2 Å². The summed E-state index contributed by atoms with van der Waals surface area (Å²) in [5.41, 5.74) is 3.68. The summed E-state index contributed by atoms with van der Waals surface area (Å²) >= 11 is 0. The number of esters is 1. The minimum Gasteiger partial charge on any atom is -0.450 e. The summed E-state index contributed by atoms with van der Waals surface area (Å²) < 4.78 is 12.1. The van der Waals surface area contributed by atoms with Crippen LogP contribution in [0.25, 0.3) is 0 Å². The molecule has 0 saturated carbocycles. The third kappa shape index (κ3) is 2.39. The van der Waals surface area contributed by atoms with Crippen LogP contribution in [0.15, 0.2) is 47.5 Å². The minimum absolute atomic E-state index is 0.190. The molecule has 1 atom stereocenters. The standard InChI is InChI=1S/C24H22N2O4/c1-15-6-7-16-13-24(14-17(16)12-15)21(28)25-22(30-24)26-10-8-23(9-11-26)19-5-3-2-4-18(19)20(27)29-23/h2-7,12H,8-11,13-14H2,1H3/t24-/m0/s1. The molecule has 4 aliphatic rings. The Morgan fingerprint density at radius 2 is 1.70 bits per heavy atom. The summed E-state index contributed by atoms with van der Waals surface area (Å²) in [5.74, 6) is -0.439. The molecule has 3 heterocycles. The summed E-state index contributed by atoms with van der Waals surface area (Å²) in [6.07, 6.45) is 2.44. The molecule has 1 aliphatic carbocycles. The lowest BCUT2D eigenvalue weighted by molar-refractivity contribution is -0.130. The van der Waals surface area contributed by atoms with Gasteiger partial charge < -0.3 is 14.4 Å². The predicted molar refractivity (Wildman–Crippen MR) is 109 cm³/mol. The van der Waals surface area contributed by atoms with E-state index in [4.69, 9.17) is 9.47 Å². The Kier molecular flexibility index (Phi) is 3.50. The summed E-state index contributed by atoms with van der Waals surface area (Å²) in [6, 6.07) is 14.3. The predicted octanol–water partition coefficient (Wildman–Crippen LogP) is 2.91. The van der Waals surface area contributed by atoms with Gasteiger partial charge in [0.15, 0.2) is 0 Å². The Bertz CT molecular complexity index is 1130. The van der Waals surface area contributed by atoms with Gasteiger partial charge in [-0.1, -0.05) is 42.0 Å². The molecule has 1 saturated heterocycles. The molecule has 2 aromatic carbocycles. The van der Waals surface area contributed by atoms with E-state index in [-0.39, 0.29) is 11.9 Å². The first kappa shape index (κ1) is 17.7. The summed E-state index contributed by atoms with van der Waals surface area (Å²) in [6.45, 7) is 3.30. The van der Waals surface area contributed by atoms with Crippen LogP contribution < -0.4 is 0 Å². The van der Waals surface area contributed by atoms with Crippen LogP contribution in [0, 0.1) is 6.92 Å².